The second-order valence-electron chi connectivity index (χ2n) is 5.93. The maximum atomic E-state index is 12.2. The summed E-state index contributed by atoms with van der Waals surface area (Å²) in [5, 5.41) is 14.6. The first-order chi connectivity index (χ1) is 12.7. The van der Waals surface area contributed by atoms with Crippen molar-refractivity contribution >= 4 is 46.3 Å². The molecule has 1 amide bonds. The summed E-state index contributed by atoms with van der Waals surface area (Å²) in [6, 6.07) is 8.06. The van der Waals surface area contributed by atoms with E-state index in [1.54, 1.807) is 29.7 Å². The first-order valence-corrected chi connectivity index (χ1v) is 10.4. The van der Waals surface area contributed by atoms with Crippen LogP contribution in [0.3, 0.4) is 0 Å². The number of carbonyl (C=O) groups is 1. The fourth-order valence-corrected chi connectivity index (χ4v) is 4.28. The van der Waals surface area contributed by atoms with E-state index < -0.39 is 0 Å². The van der Waals surface area contributed by atoms with Gasteiger partial charge in [-0.2, -0.15) is 0 Å². The third-order valence-electron chi connectivity index (χ3n) is 3.93. The van der Waals surface area contributed by atoms with Gasteiger partial charge in [-0.05, 0) is 36.4 Å². The molecule has 3 aromatic heterocycles. The van der Waals surface area contributed by atoms with E-state index in [0.29, 0.717) is 11.7 Å². The van der Waals surface area contributed by atoms with E-state index in [2.05, 4.69) is 36.5 Å². The molecule has 134 valence electrons. The van der Waals surface area contributed by atoms with Gasteiger partial charge in [0.1, 0.15) is 5.82 Å². The van der Waals surface area contributed by atoms with Crippen molar-refractivity contribution in [3.05, 3.63) is 51.7 Å². The third kappa shape index (κ3) is 4.08. The van der Waals surface area contributed by atoms with Crippen molar-refractivity contribution in [2.45, 2.75) is 30.5 Å². The minimum Gasteiger partial charge on any atom is -0.323 e. The Morgan fingerprint density at radius 1 is 1.35 bits per heavy atom. The fourth-order valence-electron chi connectivity index (χ4n) is 2.59. The molecule has 9 heteroatoms. The average molecular weight is 406 g/mol. The predicted molar refractivity (Wildman–Crippen MR) is 104 cm³/mol. The molecule has 1 aliphatic rings. The lowest BCUT2D eigenvalue weighted by molar-refractivity contribution is -0.113. The van der Waals surface area contributed by atoms with Crippen molar-refractivity contribution in [3.8, 4) is 0 Å². The molecule has 0 unspecified atom stereocenters. The number of pyridine rings is 1. The molecule has 0 atom stereocenters. The number of nitrogens with zero attached hydrogens (tertiary/aromatic N) is 4. The molecule has 26 heavy (non-hydrogen) atoms. The lowest BCUT2D eigenvalue weighted by atomic mass is 10.3. The number of amides is 1. The minimum atomic E-state index is -0.143. The van der Waals surface area contributed by atoms with Gasteiger partial charge in [-0.15, -0.1) is 21.5 Å². The van der Waals surface area contributed by atoms with Crippen molar-refractivity contribution in [3.63, 3.8) is 0 Å². The molecule has 0 radical (unpaired) electrons. The summed E-state index contributed by atoms with van der Waals surface area (Å²) in [5.74, 6) is 1.07. The number of anilines is 1. The lowest BCUT2D eigenvalue weighted by Crippen LogP contribution is -2.15. The van der Waals surface area contributed by atoms with Crippen LogP contribution in [0.5, 0.6) is 0 Å². The highest BCUT2D eigenvalue weighted by Gasteiger charge is 2.30. The lowest BCUT2D eigenvalue weighted by Gasteiger charge is -2.09. The first kappa shape index (κ1) is 17.5. The molecular formula is C17H16ClN5OS2. The van der Waals surface area contributed by atoms with Crippen LogP contribution in [0.1, 0.15) is 29.6 Å². The van der Waals surface area contributed by atoms with Crippen molar-refractivity contribution < 1.29 is 4.79 Å². The maximum Gasteiger partial charge on any atom is 0.234 e. The van der Waals surface area contributed by atoms with E-state index in [1.807, 2.05) is 6.07 Å². The summed E-state index contributed by atoms with van der Waals surface area (Å²) in [6.07, 6.45) is 4.64. The molecule has 1 fully saturated rings. The first-order valence-electron chi connectivity index (χ1n) is 8.20. The Kier molecular flexibility index (Phi) is 5.23. The molecule has 6 nitrogen and oxygen atoms in total. The summed E-state index contributed by atoms with van der Waals surface area (Å²) in [7, 11) is 0. The molecule has 3 aromatic rings. The van der Waals surface area contributed by atoms with E-state index in [4.69, 9.17) is 11.6 Å². The molecular weight excluding hydrogens is 390 g/mol. The maximum absolute atomic E-state index is 12.2. The van der Waals surface area contributed by atoms with Crippen LogP contribution >= 0.6 is 34.7 Å². The number of hydrogen-bond acceptors (Lipinski definition) is 6. The van der Waals surface area contributed by atoms with Crippen LogP contribution in [0.4, 0.5) is 5.69 Å². The van der Waals surface area contributed by atoms with Gasteiger partial charge >= 0.3 is 0 Å². The number of nitrogens with one attached hydrogen (secondary N) is 1. The number of halogens is 1. The fraction of sp³-hybridized carbons (Fsp3) is 0.294. The Labute approximate surface area is 164 Å². The number of carbonyl (C=O) groups excluding carboxylic acids is 1. The molecule has 0 aromatic carbocycles. The molecule has 1 aliphatic carbocycles. The van der Waals surface area contributed by atoms with Crippen LogP contribution in [0, 0.1) is 0 Å². The van der Waals surface area contributed by atoms with Crippen LogP contribution in [0.25, 0.3) is 0 Å². The predicted octanol–water partition coefficient (Wildman–Crippen LogP) is 4.04. The topological polar surface area (TPSA) is 72.7 Å². The van der Waals surface area contributed by atoms with Gasteiger partial charge in [-0.25, -0.2) is 4.98 Å². The van der Waals surface area contributed by atoms with Gasteiger partial charge in [0, 0.05) is 23.5 Å². The summed E-state index contributed by atoms with van der Waals surface area (Å²) >= 11 is 9.09. The second-order valence-corrected chi connectivity index (χ2v) is 8.27. The Hall–Kier alpha value is -1.90. The Morgan fingerprint density at radius 3 is 2.96 bits per heavy atom. The minimum absolute atomic E-state index is 0.143. The molecule has 3 heterocycles. The Balaban J connectivity index is 1.42. The zero-order valence-corrected chi connectivity index (χ0v) is 16.2. The molecule has 1 saturated carbocycles. The number of rotatable bonds is 7. The highest BCUT2D eigenvalue weighted by molar-refractivity contribution is 7.99. The highest BCUT2D eigenvalue weighted by atomic mass is 35.5. The van der Waals surface area contributed by atoms with Crippen LogP contribution in [-0.4, -0.2) is 31.4 Å². The van der Waals surface area contributed by atoms with E-state index in [1.165, 1.54) is 16.6 Å². The highest BCUT2D eigenvalue weighted by Crippen LogP contribution is 2.39. The van der Waals surface area contributed by atoms with Gasteiger partial charge in [-0.1, -0.05) is 29.4 Å². The van der Waals surface area contributed by atoms with Crippen molar-refractivity contribution in [2.24, 2.45) is 0 Å². The van der Waals surface area contributed by atoms with Crippen LogP contribution < -0.4 is 5.32 Å². The van der Waals surface area contributed by atoms with Crippen molar-refractivity contribution in [1.29, 1.82) is 0 Å². The smallest absolute Gasteiger partial charge is 0.234 e. The van der Waals surface area contributed by atoms with Gasteiger partial charge in [0.25, 0.3) is 0 Å². The van der Waals surface area contributed by atoms with Crippen LogP contribution in [0.2, 0.25) is 5.15 Å². The van der Waals surface area contributed by atoms with E-state index in [9.17, 15) is 4.79 Å². The third-order valence-corrected chi connectivity index (χ3v) is 6.05. The summed E-state index contributed by atoms with van der Waals surface area (Å²) in [6.45, 7) is 0. The summed E-state index contributed by atoms with van der Waals surface area (Å²) < 4.78 is 2.19. The van der Waals surface area contributed by atoms with E-state index in [-0.39, 0.29) is 16.8 Å². The Bertz CT molecular complexity index is 908. The molecule has 0 bridgehead atoms. The summed E-state index contributed by atoms with van der Waals surface area (Å²) in [5.41, 5.74) is 0.516. The molecule has 1 N–H and O–H groups in total. The second kappa shape index (κ2) is 7.77. The van der Waals surface area contributed by atoms with Gasteiger partial charge in [0.15, 0.2) is 10.3 Å². The van der Waals surface area contributed by atoms with Crippen LogP contribution in [-0.2, 0) is 11.2 Å². The van der Waals surface area contributed by atoms with Gasteiger partial charge in [-0.3, -0.25) is 4.79 Å². The van der Waals surface area contributed by atoms with E-state index in [0.717, 1.165) is 30.2 Å². The molecule has 0 spiro atoms. The molecule has 4 rings (SSSR count). The number of aromatic nitrogens is 4. The zero-order chi connectivity index (χ0) is 17.9. The number of hydrogen-bond donors (Lipinski definition) is 1. The van der Waals surface area contributed by atoms with Crippen LogP contribution in [0.15, 0.2) is 41.0 Å². The number of thioether (sulfide) groups is 1. The van der Waals surface area contributed by atoms with E-state index >= 15 is 0 Å². The quantitative estimate of drug-likeness (QED) is 0.474. The summed E-state index contributed by atoms with van der Waals surface area (Å²) in [4.78, 5) is 17.4. The van der Waals surface area contributed by atoms with Gasteiger partial charge in [0.05, 0.1) is 11.4 Å². The zero-order valence-electron chi connectivity index (χ0n) is 13.8. The number of thiophene rings is 1. The van der Waals surface area contributed by atoms with Gasteiger partial charge < -0.3 is 9.88 Å². The average Bonchev–Trinajstić information content (AvgIpc) is 3.18. The normalized spacial score (nSPS) is 13.7. The standard InChI is InChI=1S/C17H16ClN5OS2/c18-16-13(4-1-7-19-16)20-15(24)10-26-17-22-21-14(23(17)11-5-6-11)9-12-3-2-8-25-12/h1-4,7-8,11H,5-6,9-10H2,(H,20,24). The molecule has 0 saturated heterocycles. The van der Waals surface area contributed by atoms with Crippen molar-refractivity contribution in [2.75, 3.05) is 11.1 Å². The van der Waals surface area contributed by atoms with Crippen molar-refractivity contribution in [1.82, 2.24) is 19.7 Å². The SMILES string of the molecule is O=C(CSc1nnc(Cc2cccs2)n1C1CC1)Nc1cccnc1Cl. The monoisotopic (exact) mass is 405 g/mol. The van der Waals surface area contributed by atoms with Gasteiger partial charge in [0.2, 0.25) is 5.91 Å². The largest absolute Gasteiger partial charge is 0.323 e. The Morgan fingerprint density at radius 2 is 2.23 bits per heavy atom. The molecule has 0 aliphatic heterocycles.